The molecule has 1 aromatic rings. The summed E-state index contributed by atoms with van der Waals surface area (Å²) in [5.41, 5.74) is 0.642. The molecule has 3 nitrogen and oxygen atoms in total. The van der Waals surface area contributed by atoms with Crippen LogP contribution >= 0.6 is 0 Å². The number of halogens is 1. The topological polar surface area (TPSA) is 32.7 Å². The summed E-state index contributed by atoms with van der Waals surface area (Å²) in [4.78, 5) is 1.92. The predicted octanol–water partition coefficient (Wildman–Crippen LogP) is 2.22. The average Bonchev–Trinajstić information content (AvgIpc) is 2.36. The van der Waals surface area contributed by atoms with Gasteiger partial charge in [0.25, 0.3) is 0 Å². The highest BCUT2D eigenvalue weighted by Gasteiger charge is 2.17. The van der Waals surface area contributed by atoms with Gasteiger partial charge in [-0.3, -0.25) is 4.90 Å². The number of likely N-dealkylation sites (N-methyl/N-ethyl adjacent to an activating group) is 1. The molecule has 2 atom stereocenters. The summed E-state index contributed by atoms with van der Waals surface area (Å²) in [6.07, 6.45) is -0.552. The van der Waals surface area contributed by atoms with Crippen molar-refractivity contribution in [1.29, 1.82) is 0 Å². The molecular weight excluding hydrogens is 233 g/mol. The van der Waals surface area contributed by atoms with Crippen LogP contribution in [-0.2, 0) is 4.74 Å². The number of benzene rings is 1. The number of aliphatic hydroxyl groups is 1. The zero-order valence-corrected chi connectivity index (χ0v) is 11.3. The van der Waals surface area contributed by atoms with Crippen LogP contribution in [-0.4, -0.2) is 42.9 Å². The van der Waals surface area contributed by atoms with Gasteiger partial charge in [0, 0.05) is 24.8 Å². The summed E-state index contributed by atoms with van der Waals surface area (Å²) >= 11 is 0. The van der Waals surface area contributed by atoms with Crippen molar-refractivity contribution in [2.45, 2.75) is 26.0 Å². The van der Waals surface area contributed by atoms with Gasteiger partial charge in [0.05, 0.1) is 12.7 Å². The minimum atomic E-state index is -0.552. The summed E-state index contributed by atoms with van der Waals surface area (Å²) in [5.74, 6) is -0.212. The van der Waals surface area contributed by atoms with Crippen LogP contribution in [0.15, 0.2) is 24.3 Å². The Morgan fingerprint density at radius 1 is 1.39 bits per heavy atom. The number of nitrogens with zero attached hydrogens (tertiary/aromatic N) is 1. The molecule has 0 spiro atoms. The van der Waals surface area contributed by atoms with E-state index in [9.17, 15) is 9.50 Å². The molecule has 102 valence electrons. The summed E-state index contributed by atoms with van der Waals surface area (Å²) < 4.78 is 18.8. The van der Waals surface area contributed by atoms with Crippen molar-refractivity contribution in [1.82, 2.24) is 4.90 Å². The quantitative estimate of drug-likeness (QED) is 0.811. The van der Waals surface area contributed by atoms with Crippen LogP contribution in [0.25, 0.3) is 0 Å². The van der Waals surface area contributed by atoms with Gasteiger partial charge in [-0.25, -0.2) is 4.39 Å². The van der Waals surface area contributed by atoms with Crippen molar-refractivity contribution < 1.29 is 14.2 Å². The van der Waals surface area contributed by atoms with E-state index in [0.29, 0.717) is 25.3 Å². The highest BCUT2D eigenvalue weighted by atomic mass is 19.1. The van der Waals surface area contributed by atoms with Crippen LogP contribution in [0, 0.1) is 5.82 Å². The van der Waals surface area contributed by atoms with E-state index in [-0.39, 0.29) is 11.9 Å². The van der Waals surface area contributed by atoms with Crippen molar-refractivity contribution in [2.75, 3.05) is 26.8 Å². The van der Waals surface area contributed by atoms with E-state index >= 15 is 0 Å². The molecular formula is C14H22FNO2. The second kappa shape index (κ2) is 7.46. The Bertz CT molecular complexity index is 359. The van der Waals surface area contributed by atoms with Crippen molar-refractivity contribution in [3.63, 3.8) is 0 Å². The summed E-state index contributed by atoms with van der Waals surface area (Å²) in [7, 11) is 1.87. The maximum absolute atomic E-state index is 13.6. The lowest BCUT2D eigenvalue weighted by Crippen LogP contribution is -2.34. The second-order valence-electron chi connectivity index (χ2n) is 4.45. The molecule has 1 rings (SSSR count). The van der Waals surface area contributed by atoms with Gasteiger partial charge in [-0.2, -0.15) is 0 Å². The first-order chi connectivity index (χ1) is 8.56. The SMILES string of the molecule is CCOCC(O)CN(C)C(C)c1ccccc1F. The Labute approximate surface area is 108 Å². The molecule has 0 aliphatic heterocycles. The molecule has 0 saturated heterocycles. The third-order valence-corrected chi connectivity index (χ3v) is 3.03. The van der Waals surface area contributed by atoms with E-state index in [0.717, 1.165) is 0 Å². The molecule has 2 unspecified atom stereocenters. The molecule has 0 aromatic heterocycles. The molecule has 0 radical (unpaired) electrons. The van der Waals surface area contributed by atoms with E-state index in [1.54, 1.807) is 12.1 Å². The third kappa shape index (κ3) is 4.37. The van der Waals surface area contributed by atoms with Gasteiger partial charge < -0.3 is 9.84 Å². The zero-order chi connectivity index (χ0) is 13.5. The second-order valence-corrected chi connectivity index (χ2v) is 4.45. The van der Waals surface area contributed by atoms with Gasteiger partial charge in [-0.1, -0.05) is 18.2 Å². The summed E-state index contributed by atoms with van der Waals surface area (Å²) in [6.45, 7) is 5.16. The first kappa shape index (κ1) is 15.1. The molecule has 0 fully saturated rings. The van der Waals surface area contributed by atoms with E-state index in [1.807, 2.05) is 31.9 Å². The van der Waals surface area contributed by atoms with Crippen LogP contribution < -0.4 is 0 Å². The average molecular weight is 255 g/mol. The maximum Gasteiger partial charge on any atom is 0.127 e. The minimum absolute atomic E-state index is 0.0810. The van der Waals surface area contributed by atoms with Gasteiger partial charge >= 0.3 is 0 Å². The van der Waals surface area contributed by atoms with Gasteiger partial charge in [0.1, 0.15) is 5.82 Å². The first-order valence-corrected chi connectivity index (χ1v) is 6.26. The molecule has 1 N–H and O–H groups in total. The molecule has 4 heteroatoms. The minimum Gasteiger partial charge on any atom is -0.389 e. The third-order valence-electron chi connectivity index (χ3n) is 3.03. The largest absolute Gasteiger partial charge is 0.389 e. The predicted molar refractivity (Wildman–Crippen MR) is 69.9 cm³/mol. The lowest BCUT2D eigenvalue weighted by atomic mass is 10.1. The lowest BCUT2D eigenvalue weighted by Gasteiger charge is -2.27. The molecule has 0 heterocycles. The van der Waals surface area contributed by atoms with Crippen LogP contribution in [0.3, 0.4) is 0 Å². The van der Waals surface area contributed by atoms with Crippen molar-refractivity contribution in [3.05, 3.63) is 35.6 Å². The van der Waals surface area contributed by atoms with Gasteiger partial charge in [-0.15, -0.1) is 0 Å². The normalized spacial score (nSPS) is 14.8. The Morgan fingerprint density at radius 3 is 2.67 bits per heavy atom. The maximum atomic E-state index is 13.6. The summed E-state index contributed by atoms with van der Waals surface area (Å²) in [5, 5.41) is 9.76. The molecule has 0 aliphatic carbocycles. The fraction of sp³-hybridized carbons (Fsp3) is 0.571. The number of aliphatic hydroxyl groups excluding tert-OH is 1. The molecule has 0 bridgehead atoms. The van der Waals surface area contributed by atoms with E-state index < -0.39 is 6.10 Å². The number of rotatable bonds is 7. The van der Waals surface area contributed by atoms with Crippen LogP contribution in [0.1, 0.15) is 25.5 Å². The fourth-order valence-electron chi connectivity index (χ4n) is 1.85. The Hall–Kier alpha value is -0.970. The molecule has 18 heavy (non-hydrogen) atoms. The molecule has 1 aromatic carbocycles. The van der Waals surface area contributed by atoms with Crippen molar-refractivity contribution >= 4 is 0 Å². The van der Waals surface area contributed by atoms with Gasteiger partial charge in [0.15, 0.2) is 0 Å². The number of ether oxygens (including phenoxy) is 1. The monoisotopic (exact) mass is 255 g/mol. The highest BCUT2D eigenvalue weighted by Crippen LogP contribution is 2.21. The van der Waals surface area contributed by atoms with Crippen LogP contribution in [0.2, 0.25) is 0 Å². The standard InChI is InChI=1S/C14H22FNO2/c1-4-18-10-12(17)9-16(3)11(2)13-7-5-6-8-14(13)15/h5-8,11-12,17H,4,9-10H2,1-3H3. The van der Waals surface area contributed by atoms with Gasteiger partial charge in [0.2, 0.25) is 0 Å². The van der Waals surface area contributed by atoms with E-state index in [2.05, 4.69) is 0 Å². The van der Waals surface area contributed by atoms with Crippen molar-refractivity contribution in [3.8, 4) is 0 Å². The molecule has 0 amide bonds. The fourth-order valence-corrected chi connectivity index (χ4v) is 1.85. The Morgan fingerprint density at radius 2 is 2.06 bits per heavy atom. The Kier molecular flexibility index (Phi) is 6.25. The van der Waals surface area contributed by atoms with Gasteiger partial charge in [-0.05, 0) is 27.0 Å². The first-order valence-electron chi connectivity index (χ1n) is 6.26. The van der Waals surface area contributed by atoms with E-state index in [1.165, 1.54) is 6.07 Å². The van der Waals surface area contributed by atoms with Crippen molar-refractivity contribution in [2.24, 2.45) is 0 Å². The number of hydrogen-bond donors (Lipinski definition) is 1. The highest BCUT2D eigenvalue weighted by molar-refractivity contribution is 5.20. The molecule has 0 saturated carbocycles. The Balaban J connectivity index is 2.56. The zero-order valence-electron chi connectivity index (χ0n) is 11.3. The number of hydrogen-bond acceptors (Lipinski definition) is 3. The van der Waals surface area contributed by atoms with E-state index in [4.69, 9.17) is 4.74 Å². The molecule has 0 aliphatic rings. The summed E-state index contributed by atoms with van der Waals surface area (Å²) in [6, 6.07) is 6.64. The smallest absolute Gasteiger partial charge is 0.127 e. The van der Waals surface area contributed by atoms with Crippen LogP contribution in [0.5, 0.6) is 0 Å². The van der Waals surface area contributed by atoms with Crippen LogP contribution in [0.4, 0.5) is 4.39 Å². The lowest BCUT2D eigenvalue weighted by molar-refractivity contribution is 0.0193.